The number of amides is 2. The van der Waals surface area contributed by atoms with Crippen molar-refractivity contribution in [1.82, 2.24) is 14.5 Å². The van der Waals surface area contributed by atoms with Crippen LogP contribution in [0.2, 0.25) is 5.02 Å². The number of hydrogen-bond donors (Lipinski definition) is 1. The molecule has 48 heavy (non-hydrogen) atoms. The molecule has 0 spiro atoms. The third-order valence-electron chi connectivity index (χ3n) is 7.98. The number of carbonyl (C=O) groups is 2. The van der Waals surface area contributed by atoms with Crippen LogP contribution in [0.15, 0.2) is 108 Å². The Bertz CT molecular complexity index is 1770. The van der Waals surface area contributed by atoms with Crippen LogP contribution in [0.1, 0.15) is 16.7 Å². The number of para-hydroxylation sites is 1. The highest BCUT2D eigenvalue weighted by Gasteiger charge is 2.31. The molecule has 1 unspecified atom stereocenters. The lowest BCUT2D eigenvalue weighted by atomic mass is 10.0. The third-order valence-corrected chi connectivity index (χ3v) is 10.1. The zero-order valence-corrected chi connectivity index (χ0v) is 28.2. The van der Waals surface area contributed by atoms with E-state index in [1.165, 1.54) is 33.5 Å². The number of morpholine rings is 1. The Hall–Kier alpha value is -4.42. The molecule has 1 N–H and O–H groups in total. The zero-order chi connectivity index (χ0) is 33.9. The molecule has 10 nitrogen and oxygen atoms in total. The monoisotopic (exact) mass is 691 g/mol. The minimum atomic E-state index is -3.68. The summed E-state index contributed by atoms with van der Waals surface area (Å²) in [5.74, 6) is 0.188. The molecule has 0 aliphatic carbocycles. The molecule has 1 aliphatic heterocycles. The lowest BCUT2D eigenvalue weighted by Gasteiger charge is -2.31. The summed E-state index contributed by atoms with van der Waals surface area (Å²) in [6.07, 6.45) is 0.256. The van der Waals surface area contributed by atoms with Crippen LogP contribution in [0.25, 0.3) is 0 Å². The lowest BCUT2D eigenvalue weighted by molar-refractivity contribution is -0.142. The number of rotatable bonds is 14. The molecule has 0 radical (unpaired) electrons. The van der Waals surface area contributed by atoms with Gasteiger partial charge >= 0.3 is 0 Å². The molecule has 1 saturated heterocycles. The van der Waals surface area contributed by atoms with Crippen LogP contribution in [-0.2, 0) is 43.9 Å². The van der Waals surface area contributed by atoms with E-state index in [9.17, 15) is 18.0 Å². The van der Waals surface area contributed by atoms with Crippen molar-refractivity contribution < 1.29 is 32.2 Å². The minimum absolute atomic E-state index is 0.121. The van der Waals surface area contributed by atoms with E-state index in [2.05, 4.69) is 5.32 Å². The van der Waals surface area contributed by atoms with Crippen molar-refractivity contribution in [3.8, 4) is 11.5 Å². The van der Waals surface area contributed by atoms with Gasteiger partial charge in [0.05, 0.1) is 25.2 Å². The number of nitrogens with one attached hydrogen (secondary N) is 1. The predicted octanol–water partition coefficient (Wildman–Crippen LogP) is 4.70. The maximum absolute atomic E-state index is 14.0. The van der Waals surface area contributed by atoms with Crippen molar-refractivity contribution >= 4 is 33.4 Å². The summed E-state index contributed by atoms with van der Waals surface area (Å²) >= 11 is 6.14. The second kappa shape index (κ2) is 16.6. The molecule has 4 aromatic rings. The molecular formula is C36H38ClN3O7S. The van der Waals surface area contributed by atoms with Crippen molar-refractivity contribution in [2.24, 2.45) is 0 Å². The van der Waals surface area contributed by atoms with Crippen molar-refractivity contribution in [2.75, 3.05) is 40.0 Å². The zero-order valence-electron chi connectivity index (χ0n) is 26.6. The summed E-state index contributed by atoms with van der Waals surface area (Å²) < 4.78 is 44.1. The molecule has 1 fully saturated rings. The first-order valence-corrected chi connectivity index (χ1v) is 17.3. The van der Waals surface area contributed by atoms with Crippen LogP contribution < -0.4 is 14.8 Å². The Morgan fingerprint density at radius 1 is 0.896 bits per heavy atom. The Morgan fingerprint density at radius 3 is 2.25 bits per heavy atom. The van der Waals surface area contributed by atoms with E-state index in [4.69, 9.17) is 25.8 Å². The van der Waals surface area contributed by atoms with E-state index < -0.39 is 22.0 Å². The summed E-state index contributed by atoms with van der Waals surface area (Å²) in [5.41, 5.74) is 2.45. The molecular weight excluding hydrogens is 654 g/mol. The Morgan fingerprint density at radius 2 is 1.56 bits per heavy atom. The minimum Gasteiger partial charge on any atom is -0.496 e. The van der Waals surface area contributed by atoms with Gasteiger partial charge in [-0.2, -0.15) is 4.31 Å². The normalized spacial score (nSPS) is 14.1. The van der Waals surface area contributed by atoms with E-state index in [0.717, 1.165) is 16.7 Å². The lowest BCUT2D eigenvalue weighted by Crippen LogP contribution is -2.51. The Balaban J connectivity index is 1.37. The van der Waals surface area contributed by atoms with E-state index in [-0.39, 0.29) is 50.0 Å². The first-order chi connectivity index (χ1) is 23.2. The van der Waals surface area contributed by atoms with E-state index in [1.54, 1.807) is 19.2 Å². The molecule has 4 aromatic carbocycles. The topological polar surface area (TPSA) is 114 Å². The number of benzene rings is 4. The summed E-state index contributed by atoms with van der Waals surface area (Å²) in [4.78, 5) is 29.6. The first-order valence-electron chi connectivity index (χ1n) is 15.5. The summed E-state index contributed by atoms with van der Waals surface area (Å²) in [6.45, 7) is 1.21. The Labute approximate surface area is 286 Å². The quantitative estimate of drug-likeness (QED) is 0.204. The van der Waals surface area contributed by atoms with Gasteiger partial charge in [0, 0.05) is 43.2 Å². The van der Waals surface area contributed by atoms with Gasteiger partial charge in [-0.05, 0) is 53.6 Å². The van der Waals surface area contributed by atoms with Crippen molar-refractivity contribution in [3.63, 3.8) is 0 Å². The van der Waals surface area contributed by atoms with Crippen LogP contribution in [0, 0.1) is 0 Å². The number of ether oxygens (including phenoxy) is 3. The van der Waals surface area contributed by atoms with Gasteiger partial charge in [-0.3, -0.25) is 9.59 Å². The standard InChI is InChI=1S/C36H38ClN3O7S/c1-45-34-10-6-5-9-29(34)24-38-36(42)33(23-27-7-3-2-4-8-27)40(25-28-11-13-30(37)14-12-28)35(41)26-47-31-15-17-32(18-16-31)48(43,44)39-19-21-46-22-20-39/h2-18,33H,19-26H2,1H3,(H,38,42). The smallest absolute Gasteiger partial charge is 0.261 e. The van der Waals surface area contributed by atoms with Gasteiger partial charge in [0.15, 0.2) is 6.61 Å². The van der Waals surface area contributed by atoms with Gasteiger partial charge in [-0.25, -0.2) is 8.42 Å². The largest absolute Gasteiger partial charge is 0.496 e. The maximum Gasteiger partial charge on any atom is 0.261 e. The number of nitrogens with zero attached hydrogens (tertiary/aromatic N) is 2. The van der Waals surface area contributed by atoms with Crippen molar-refractivity contribution in [2.45, 2.75) is 30.4 Å². The molecule has 1 atom stereocenters. The maximum atomic E-state index is 14.0. The molecule has 0 saturated carbocycles. The molecule has 2 amide bonds. The highest BCUT2D eigenvalue weighted by molar-refractivity contribution is 7.89. The number of hydrogen-bond acceptors (Lipinski definition) is 7. The van der Waals surface area contributed by atoms with Crippen molar-refractivity contribution in [3.05, 3.63) is 125 Å². The van der Waals surface area contributed by atoms with Crippen LogP contribution >= 0.6 is 11.6 Å². The van der Waals surface area contributed by atoms with Gasteiger partial charge in [0.25, 0.3) is 5.91 Å². The molecule has 5 rings (SSSR count). The van der Waals surface area contributed by atoms with E-state index >= 15 is 0 Å². The van der Waals surface area contributed by atoms with Crippen LogP contribution in [-0.4, -0.2) is 75.5 Å². The molecule has 1 heterocycles. The predicted molar refractivity (Wildman–Crippen MR) is 182 cm³/mol. The summed E-state index contributed by atoms with van der Waals surface area (Å²) in [7, 11) is -2.11. The number of sulfonamides is 1. The number of halogens is 1. The van der Waals surface area contributed by atoms with E-state index in [1.807, 2.05) is 66.7 Å². The fourth-order valence-corrected chi connectivity index (χ4v) is 6.90. The first kappa shape index (κ1) is 34.9. The van der Waals surface area contributed by atoms with Gasteiger partial charge in [0.1, 0.15) is 17.5 Å². The molecule has 252 valence electrons. The Kier molecular flexibility index (Phi) is 12.1. The average molecular weight is 692 g/mol. The van der Waals surface area contributed by atoms with Gasteiger partial charge in [-0.1, -0.05) is 72.3 Å². The molecule has 0 aromatic heterocycles. The van der Waals surface area contributed by atoms with Gasteiger partial charge < -0.3 is 24.4 Å². The number of methoxy groups -OCH3 is 1. The van der Waals surface area contributed by atoms with Crippen LogP contribution in [0.4, 0.5) is 0 Å². The van der Waals surface area contributed by atoms with Gasteiger partial charge in [-0.15, -0.1) is 0 Å². The van der Waals surface area contributed by atoms with E-state index in [0.29, 0.717) is 29.7 Å². The fraction of sp³-hybridized carbons (Fsp3) is 0.278. The average Bonchev–Trinajstić information content (AvgIpc) is 3.13. The van der Waals surface area contributed by atoms with Crippen molar-refractivity contribution in [1.29, 1.82) is 0 Å². The van der Waals surface area contributed by atoms with Gasteiger partial charge in [0.2, 0.25) is 15.9 Å². The van der Waals surface area contributed by atoms with Crippen LogP contribution in [0.3, 0.4) is 0 Å². The second-order valence-corrected chi connectivity index (χ2v) is 13.5. The molecule has 12 heteroatoms. The summed E-state index contributed by atoms with van der Waals surface area (Å²) in [6, 6.07) is 29.0. The number of carbonyl (C=O) groups excluding carboxylic acids is 2. The highest BCUT2D eigenvalue weighted by Crippen LogP contribution is 2.22. The third kappa shape index (κ3) is 9.13. The summed E-state index contributed by atoms with van der Waals surface area (Å²) in [5, 5.41) is 3.55. The molecule has 1 aliphatic rings. The molecule has 0 bridgehead atoms. The fourth-order valence-electron chi connectivity index (χ4n) is 5.36. The SMILES string of the molecule is COc1ccccc1CNC(=O)C(Cc1ccccc1)N(Cc1ccc(Cl)cc1)C(=O)COc1ccc(S(=O)(=O)N2CCOCC2)cc1. The van der Waals surface area contributed by atoms with Crippen LogP contribution in [0.5, 0.6) is 11.5 Å². The second-order valence-electron chi connectivity index (χ2n) is 11.2. The highest BCUT2D eigenvalue weighted by atomic mass is 35.5.